The minimum Gasteiger partial charge on any atom is -0.370 e. The summed E-state index contributed by atoms with van der Waals surface area (Å²) in [5, 5.41) is 0. The highest BCUT2D eigenvalue weighted by Crippen LogP contribution is 2.41. The summed E-state index contributed by atoms with van der Waals surface area (Å²) in [6.07, 6.45) is 16.0. The van der Waals surface area contributed by atoms with Crippen LogP contribution in [0, 0.1) is 5.41 Å². The van der Waals surface area contributed by atoms with Gasteiger partial charge >= 0.3 is 0 Å². The van der Waals surface area contributed by atoms with Crippen molar-refractivity contribution in [3.63, 3.8) is 0 Å². The molecule has 1 atom stereocenters. The van der Waals surface area contributed by atoms with E-state index in [1.165, 1.54) is 41.8 Å². The van der Waals surface area contributed by atoms with E-state index in [0.29, 0.717) is 5.92 Å². The van der Waals surface area contributed by atoms with E-state index < -0.39 is 0 Å². The first kappa shape index (κ1) is 21.4. The summed E-state index contributed by atoms with van der Waals surface area (Å²) in [6.45, 7) is 16.0. The number of aliphatic imine (C=N–C) groups is 1. The predicted molar refractivity (Wildman–Crippen MR) is 128 cm³/mol. The van der Waals surface area contributed by atoms with Crippen LogP contribution in [-0.2, 0) is 0 Å². The van der Waals surface area contributed by atoms with Crippen molar-refractivity contribution in [2.24, 2.45) is 10.4 Å². The SMILES string of the molecule is C=N/C=C\N(CC1(C)C=CCC(C)=C1)c1c(C(C)C)cccc1N1CCCCC1. The molecule has 0 bridgehead atoms. The van der Waals surface area contributed by atoms with E-state index >= 15 is 0 Å². The molecule has 1 aliphatic carbocycles. The van der Waals surface area contributed by atoms with E-state index in [9.17, 15) is 0 Å². The second-order valence-corrected chi connectivity index (χ2v) is 9.13. The van der Waals surface area contributed by atoms with Crippen molar-refractivity contribution in [2.75, 3.05) is 29.4 Å². The van der Waals surface area contributed by atoms with Crippen LogP contribution in [0.3, 0.4) is 0 Å². The highest BCUT2D eigenvalue weighted by atomic mass is 15.2. The molecule has 2 aliphatic rings. The van der Waals surface area contributed by atoms with E-state index in [2.05, 4.69) is 91.8 Å². The maximum atomic E-state index is 4.03. The average Bonchev–Trinajstić information content (AvgIpc) is 2.71. The Morgan fingerprint density at radius 2 is 2.00 bits per heavy atom. The number of para-hydroxylation sites is 1. The molecule has 0 saturated carbocycles. The van der Waals surface area contributed by atoms with Crippen LogP contribution in [0.25, 0.3) is 0 Å². The maximum absolute atomic E-state index is 4.03. The van der Waals surface area contributed by atoms with Crippen LogP contribution in [0.2, 0.25) is 0 Å². The smallest absolute Gasteiger partial charge is 0.0680 e. The zero-order chi connectivity index (χ0) is 20.9. The van der Waals surface area contributed by atoms with Crippen molar-refractivity contribution in [2.45, 2.75) is 59.3 Å². The lowest BCUT2D eigenvalue weighted by atomic mass is 9.83. The minimum atomic E-state index is -0.00287. The molecule has 156 valence electrons. The molecule has 0 amide bonds. The summed E-state index contributed by atoms with van der Waals surface area (Å²) in [5.41, 5.74) is 5.52. The second kappa shape index (κ2) is 9.47. The second-order valence-electron chi connectivity index (χ2n) is 9.13. The van der Waals surface area contributed by atoms with Crippen LogP contribution in [0.1, 0.15) is 64.9 Å². The number of hydrogen-bond acceptors (Lipinski definition) is 3. The summed E-state index contributed by atoms with van der Waals surface area (Å²) in [5.74, 6) is 0.453. The highest BCUT2D eigenvalue weighted by molar-refractivity contribution is 5.77. The van der Waals surface area contributed by atoms with E-state index in [1.807, 2.05) is 6.20 Å². The number of allylic oxidation sites excluding steroid dienone is 2. The Morgan fingerprint density at radius 3 is 2.66 bits per heavy atom. The van der Waals surface area contributed by atoms with E-state index in [0.717, 1.165) is 26.1 Å². The molecule has 0 N–H and O–H groups in total. The molecule has 3 heteroatoms. The normalized spacial score (nSPS) is 22.2. The van der Waals surface area contributed by atoms with Gasteiger partial charge in [-0.2, -0.15) is 0 Å². The molecule has 3 rings (SSSR count). The van der Waals surface area contributed by atoms with Crippen molar-refractivity contribution >= 4 is 18.1 Å². The molecule has 1 aromatic rings. The third-order valence-corrected chi connectivity index (χ3v) is 6.03. The molecule has 1 fully saturated rings. The summed E-state index contributed by atoms with van der Waals surface area (Å²) < 4.78 is 0. The summed E-state index contributed by atoms with van der Waals surface area (Å²) in [7, 11) is 0. The molecule has 1 unspecified atom stereocenters. The largest absolute Gasteiger partial charge is 0.370 e. The molecule has 1 heterocycles. The highest BCUT2D eigenvalue weighted by Gasteiger charge is 2.28. The van der Waals surface area contributed by atoms with Gasteiger partial charge < -0.3 is 9.80 Å². The van der Waals surface area contributed by atoms with Crippen LogP contribution < -0.4 is 9.80 Å². The molecule has 1 aliphatic heterocycles. The molecule has 1 aromatic carbocycles. The Bertz CT molecular complexity index is 796. The molecular weight excluding hydrogens is 354 g/mol. The molecule has 29 heavy (non-hydrogen) atoms. The van der Waals surface area contributed by atoms with E-state index in [-0.39, 0.29) is 5.41 Å². The summed E-state index contributed by atoms with van der Waals surface area (Å²) in [6, 6.07) is 6.81. The Balaban J connectivity index is 2.08. The van der Waals surface area contributed by atoms with Gasteiger partial charge in [-0.25, -0.2) is 0 Å². The fourth-order valence-electron chi connectivity index (χ4n) is 4.70. The van der Waals surface area contributed by atoms with Crippen molar-refractivity contribution in [3.05, 3.63) is 60.0 Å². The van der Waals surface area contributed by atoms with Crippen LogP contribution in [-0.4, -0.2) is 26.4 Å². The van der Waals surface area contributed by atoms with Crippen molar-refractivity contribution in [1.82, 2.24) is 0 Å². The average molecular weight is 392 g/mol. The quantitative estimate of drug-likeness (QED) is 0.381. The van der Waals surface area contributed by atoms with Gasteiger partial charge in [-0.1, -0.05) is 56.7 Å². The van der Waals surface area contributed by atoms with Crippen molar-refractivity contribution < 1.29 is 0 Å². The lowest BCUT2D eigenvalue weighted by Gasteiger charge is -2.38. The third-order valence-electron chi connectivity index (χ3n) is 6.03. The third kappa shape index (κ3) is 5.20. The zero-order valence-electron chi connectivity index (χ0n) is 18.7. The Labute approximate surface area is 177 Å². The van der Waals surface area contributed by atoms with Crippen LogP contribution in [0.15, 0.2) is 59.4 Å². The number of hydrogen-bond donors (Lipinski definition) is 0. The number of benzene rings is 1. The number of nitrogens with zero attached hydrogens (tertiary/aromatic N) is 3. The Hall–Kier alpha value is -2.29. The molecule has 0 radical (unpaired) electrons. The lowest BCUT2D eigenvalue weighted by molar-refractivity contribution is 0.540. The van der Waals surface area contributed by atoms with E-state index in [4.69, 9.17) is 0 Å². The topological polar surface area (TPSA) is 18.8 Å². The molecule has 0 spiro atoms. The molecular formula is C26H37N3. The van der Waals surface area contributed by atoms with Crippen LogP contribution >= 0.6 is 0 Å². The van der Waals surface area contributed by atoms with Gasteiger partial charge in [-0.15, -0.1) is 0 Å². The standard InChI is InChI=1S/C26H37N3/c1-21(2)23-12-9-13-24(28-16-7-6-8-17-28)25(23)29(18-15-27-5)20-26(4)14-10-11-22(3)19-26/h9-10,12-15,18-19,21H,5-8,11,16-17,20H2,1-4H3/b18-15-. The van der Waals surface area contributed by atoms with Gasteiger partial charge in [0.05, 0.1) is 11.4 Å². The molecule has 3 nitrogen and oxygen atoms in total. The van der Waals surface area contributed by atoms with Gasteiger partial charge in [-0.05, 0) is 56.9 Å². The van der Waals surface area contributed by atoms with Gasteiger partial charge in [0, 0.05) is 37.4 Å². The van der Waals surface area contributed by atoms with Gasteiger partial charge in [0.2, 0.25) is 0 Å². The van der Waals surface area contributed by atoms with Crippen molar-refractivity contribution in [1.29, 1.82) is 0 Å². The van der Waals surface area contributed by atoms with Gasteiger partial charge in [0.25, 0.3) is 0 Å². The number of rotatable bonds is 7. The number of anilines is 2. The first-order valence-electron chi connectivity index (χ1n) is 11.1. The van der Waals surface area contributed by atoms with Gasteiger partial charge in [0.1, 0.15) is 0 Å². The van der Waals surface area contributed by atoms with Crippen molar-refractivity contribution in [3.8, 4) is 0 Å². The first-order chi connectivity index (χ1) is 13.9. The van der Waals surface area contributed by atoms with Crippen LogP contribution in [0.4, 0.5) is 11.4 Å². The van der Waals surface area contributed by atoms with Gasteiger partial charge in [0.15, 0.2) is 0 Å². The molecule has 0 aromatic heterocycles. The van der Waals surface area contributed by atoms with Crippen LogP contribution in [0.5, 0.6) is 0 Å². The predicted octanol–water partition coefficient (Wildman–Crippen LogP) is 6.69. The lowest BCUT2D eigenvalue weighted by Crippen LogP contribution is -2.35. The Morgan fingerprint density at radius 1 is 1.24 bits per heavy atom. The summed E-state index contributed by atoms with van der Waals surface area (Å²) >= 11 is 0. The fraction of sp³-hybridized carbons (Fsp3) is 0.500. The monoisotopic (exact) mass is 391 g/mol. The summed E-state index contributed by atoms with van der Waals surface area (Å²) in [4.78, 5) is 9.02. The maximum Gasteiger partial charge on any atom is 0.0680 e. The minimum absolute atomic E-state index is 0.00287. The van der Waals surface area contributed by atoms with Gasteiger partial charge in [-0.3, -0.25) is 4.99 Å². The zero-order valence-corrected chi connectivity index (χ0v) is 18.7. The Kier molecular flexibility index (Phi) is 7.00. The molecule has 1 saturated heterocycles. The number of piperidine rings is 1. The fourth-order valence-corrected chi connectivity index (χ4v) is 4.70. The first-order valence-corrected chi connectivity index (χ1v) is 11.1. The van der Waals surface area contributed by atoms with E-state index in [1.54, 1.807) is 0 Å².